The van der Waals surface area contributed by atoms with E-state index in [1.807, 2.05) is 13.0 Å². The normalized spacial score (nSPS) is 11.7. The third kappa shape index (κ3) is 6.62. The van der Waals surface area contributed by atoms with Gasteiger partial charge < -0.3 is 10.1 Å². The minimum atomic E-state index is -4.59. The first-order valence-corrected chi connectivity index (χ1v) is 11.3. The molecule has 0 radical (unpaired) electrons. The molecule has 0 aromatic heterocycles. The van der Waals surface area contributed by atoms with Gasteiger partial charge in [0.2, 0.25) is 0 Å². The van der Waals surface area contributed by atoms with Crippen molar-refractivity contribution < 1.29 is 31.1 Å². The molecule has 0 bridgehead atoms. The van der Waals surface area contributed by atoms with Gasteiger partial charge in [-0.2, -0.15) is 13.2 Å². The number of carbonyl (C=O) groups excluding carboxylic acids is 1. The largest absolute Gasteiger partial charge is 0.484 e. The van der Waals surface area contributed by atoms with E-state index < -0.39 is 34.3 Å². The maximum Gasteiger partial charge on any atom is 0.416 e. The second kappa shape index (κ2) is 9.72. The number of hydrogen-bond donors (Lipinski definition) is 2. The minimum Gasteiger partial charge on any atom is -0.484 e. The van der Waals surface area contributed by atoms with Gasteiger partial charge >= 0.3 is 6.18 Å². The number of benzene rings is 3. The highest BCUT2D eigenvalue weighted by Gasteiger charge is 2.31. The molecule has 0 aliphatic heterocycles. The van der Waals surface area contributed by atoms with E-state index in [0.29, 0.717) is 5.69 Å². The Labute approximate surface area is 193 Å². The summed E-state index contributed by atoms with van der Waals surface area (Å²) in [6.07, 6.45) is -4.59. The van der Waals surface area contributed by atoms with Crippen molar-refractivity contribution in [2.24, 2.45) is 0 Å². The number of alkyl halides is 3. The fourth-order valence-corrected chi connectivity index (χ4v) is 3.98. The number of rotatable bonds is 7. The first kappa shape index (κ1) is 24.4. The molecule has 0 aliphatic rings. The van der Waals surface area contributed by atoms with Gasteiger partial charge in [-0.15, -0.1) is 0 Å². The Morgan fingerprint density at radius 1 is 1.03 bits per heavy atom. The average Bonchev–Trinajstić information content (AvgIpc) is 2.73. The van der Waals surface area contributed by atoms with Crippen LogP contribution in [-0.4, -0.2) is 20.9 Å². The van der Waals surface area contributed by atoms with Crippen LogP contribution in [0, 0.1) is 6.92 Å². The predicted octanol–water partition coefficient (Wildman–Crippen LogP) is 5.49. The van der Waals surface area contributed by atoms with E-state index in [2.05, 4.69) is 10.0 Å². The molecule has 0 spiro atoms. The molecule has 11 heteroatoms. The van der Waals surface area contributed by atoms with E-state index >= 15 is 0 Å². The second-order valence-electron chi connectivity index (χ2n) is 6.98. The minimum absolute atomic E-state index is 0.0171. The summed E-state index contributed by atoms with van der Waals surface area (Å²) in [6.45, 7) is 1.31. The van der Waals surface area contributed by atoms with Crippen LogP contribution in [0.3, 0.4) is 0 Å². The molecule has 0 saturated heterocycles. The topological polar surface area (TPSA) is 84.5 Å². The molecule has 33 heavy (non-hydrogen) atoms. The molecule has 6 nitrogen and oxygen atoms in total. The van der Waals surface area contributed by atoms with Crippen LogP contribution < -0.4 is 14.8 Å². The monoisotopic (exact) mass is 498 g/mol. The number of sulfonamides is 1. The SMILES string of the molecule is Cc1cccc(NS(=O)(=O)c2ccc(OCC(=O)Nc3cc(C(F)(F)F)ccc3Cl)cc2)c1. The molecule has 0 heterocycles. The number of aryl methyl sites for hydroxylation is 1. The molecular weight excluding hydrogens is 481 g/mol. The van der Waals surface area contributed by atoms with E-state index in [9.17, 15) is 26.4 Å². The van der Waals surface area contributed by atoms with Crippen molar-refractivity contribution in [2.45, 2.75) is 18.0 Å². The zero-order valence-corrected chi connectivity index (χ0v) is 18.7. The standard InChI is InChI=1S/C22H18ClF3N2O4S/c1-14-3-2-4-16(11-14)28-33(30,31)18-8-6-17(7-9-18)32-13-21(29)27-20-12-15(22(24,25)26)5-10-19(20)23/h2-12,28H,13H2,1H3,(H,27,29). The zero-order chi connectivity index (χ0) is 24.2. The highest BCUT2D eigenvalue weighted by Crippen LogP contribution is 2.33. The van der Waals surface area contributed by atoms with Crippen LogP contribution >= 0.6 is 11.6 Å². The summed E-state index contributed by atoms with van der Waals surface area (Å²) in [7, 11) is -3.83. The van der Waals surface area contributed by atoms with Crippen molar-refractivity contribution in [3.63, 3.8) is 0 Å². The molecule has 2 N–H and O–H groups in total. The maximum absolute atomic E-state index is 12.8. The first-order chi connectivity index (χ1) is 15.4. The summed E-state index contributed by atoms with van der Waals surface area (Å²) in [5.41, 5.74) is 0.145. The van der Waals surface area contributed by atoms with Gasteiger partial charge in [0.25, 0.3) is 15.9 Å². The number of ether oxygens (including phenoxy) is 1. The van der Waals surface area contributed by atoms with E-state index in [1.165, 1.54) is 24.3 Å². The third-order valence-electron chi connectivity index (χ3n) is 4.34. The maximum atomic E-state index is 12.8. The lowest BCUT2D eigenvalue weighted by Gasteiger charge is -2.12. The molecule has 0 aliphatic carbocycles. The Kier molecular flexibility index (Phi) is 7.19. The molecule has 174 valence electrons. The Morgan fingerprint density at radius 3 is 2.36 bits per heavy atom. The smallest absolute Gasteiger partial charge is 0.416 e. The fraction of sp³-hybridized carbons (Fsp3) is 0.136. The van der Waals surface area contributed by atoms with Crippen LogP contribution in [0.2, 0.25) is 5.02 Å². The van der Waals surface area contributed by atoms with Crippen LogP contribution in [0.15, 0.2) is 71.6 Å². The van der Waals surface area contributed by atoms with Gasteiger partial charge in [0.05, 0.1) is 21.2 Å². The van der Waals surface area contributed by atoms with Crippen molar-refractivity contribution >= 4 is 38.9 Å². The van der Waals surface area contributed by atoms with Gasteiger partial charge in [-0.05, 0) is 67.1 Å². The number of nitrogens with one attached hydrogen (secondary N) is 2. The van der Waals surface area contributed by atoms with Crippen LogP contribution in [0.25, 0.3) is 0 Å². The number of amides is 1. The third-order valence-corrected chi connectivity index (χ3v) is 6.07. The lowest BCUT2D eigenvalue weighted by atomic mass is 10.2. The quantitative estimate of drug-likeness (QED) is 0.451. The Balaban J connectivity index is 1.61. The molecule has 0 fully saturated rings. The number of anilines is 2. The van der Waals surface area contributed by atoms with Crippen molar-refractivity contribution in [1.29, 1.82) is 0 Å². The zero-order valence-electron chi connectivity index (χ0n) is 17.1. The van der Waals surface area contributed by atoms with Gasteiger partial charge in [-0.1, -0.05) is 23.7 Å². The average molecular weight is 499 g/mol. The summed E-state index contributed by atoms with van der Waals surface area (Å²) in [5, 5.41) is 2.20. The van der Waals surface area contributed by atoms with E-state index in [-0.39, 0.29) is 21.4 Å². The van der Waals surface area contributed by atoms with Gasteiger partial charge in [-0.25, -0.2) is 8.42 Å². The Morgan fingerprint density at radius 2 is 1.73 bits per heavy atom. The molecule has 0 atom stereocenters. The molecule has 3 aromatic rings. The van der Waals surface area contributed by atoms with Crippen LogP contribution in [0.1, 0.15) is 11.1 Å². The van der Waals surface area contributed by atoms with Gasteiger partial charge in [0.15, 0.2) is 6.61 Å². The number of halogens is 4. The first-order valence-electron chi connectivity index (χ1n) is 9.43. The molecule has 3 aromatic carbocycles. The van der Waals surface area contributed by atoms with Crippen molar-refractivity contribution in [3.8, 4) is 5.75 Å². The van der Waals surface area contributed by atoms with Crippen LogP contribution in [-0.2, 0) is 21.0 Å². The second-order valence-corrected chi connectivity index (χ2v) is 9.07. The molecular formula is C22H18ClF3N2O4S. The van der Waals surface area contributed by atoms with Gasteiger partial charge in [0.1, 0.15) is 5.75 Å². The van der Waals surface area contributed by atoms with Crippen molar-refractivity contribution in [3.05, 3.63) is 82.9 Å². The highest BCUT2D eigenvalue weighted by molar-refractivity contribution is 7.92. The summed E-state index contributed by atoms with van der Waals surface area (Å²) in [5.74, 6) is -0.552. The number of hydrogen-bond acceptors (Lipinski definition) is 4. The van der Waals surface area contributed by atoms with Crippen LogP contribution in [0.4, 0.5) is 24.5 Å². The summed E-state index contributed by atoms with van der Waals surface area (Å²) in [6, 6.07) is 14.7. The number of carbonyl (C=O) groups is 1. The van der Waals surface area contributed by atoms with Gasteiger partial charge in [0, 0.05) is 5.69 Å². The molecule has 1 amide bonds. The van der Waals surface area contributed by atoms with E-state index in [1.54, 1.807) is 18.2 Å². The summed E-state index contributed by atoms with van der Waals surface area (Å²) >= 11 is 5.85. The fourth-order valence-electron chi connectivity index (χ4n) is 2.77. The van der Waals surface area contributed by atoms with E-state index in [0.717, 1.165) is 23.8 Å². The van der Waals surface area contributed by atoms with Crippen LogP contribution in [0.5, 0.6) is 5.75 Å². The molecule has 3 rings (SSSR count). The van der Waals surface area contributed by atoms with Crippen molar-refractivity contribution in [1.82, 2.24) is 0 Å². The highest BCUT2D eigenvalue weighted by atomic mass is 35.5. The lowest BCUT2D eigenvalue weighted by Crippen LogP contribution is -2.21. The predicted molar refractivity (Wildman–Crippen MR) is 119 cm³/mol. The van der Waals surface area contributed by atoms with Gasteiger partial charge in [-0.3, -0.25) is 9.52 Å². The summed E-state index contributed by atoms with van der Waals surface area (Å²) in [4.78, 5) is 12.1. The Bertz CT molecular complexity index is 1260. The summed E-state index contributed by atoms with van der Waals surface area (Å²) < 4.78 is 71.3. The van der Waals surface area contributed by atoms with Crippen molar-refractivity contribution in [2.75, 3.05) is 16.6 Å². The lowest BCUT2D eigenvalue weighted by molar-refractivity contribution is -0.137. The van der Waals surface area contributed by atoms with E-state index in [4.69, 9.17) is 16.3 Å². The molecule has 0 saturated carbocycles. The Hall–Kier alpha value is -3.24. The molecule has 0 unspecified atom stereocenters.